The Morgan fingerprint density at radius 2 is 1.90 bits per heavy atom. The normalized spacial score (nSPS) is 17.5. The second-order valence-electron chi connectivity index (χ2n) is 6.65. The Hall–Kier alpha value is -3.88. The summed E-state index contributed by atoms with van der Waals surface area (Å²) in [6, 6.07) is 10.7. The van der Waals surface area contributed by atoms with E-state index in [1.807, 2.05) is 0 Å². The Labute approximate surface area is 165 Å². The van der Waals surface area contributed by atoms with Crippen LogP contribution < -0.4 is 26.0 Å². The summed E-state index contributed by atoms with van der Waals surface area (Å²) in [5.41, 5.74) is 1.63. The Bertz CT molecular complexity index is 1020. The summed E-state index contributed by atoms with van der Waals surface area (Å²) in [7, 11) is 0. The molecule has 0 saturated heterocycles. The van der Waals surface area contributed by atoms with Gasteiger partial charge in [-0.2, -0.15) is 0 Å². The zero-order valence-corrected chi connectivity index (χ0v) is 15.3. The van der Waals surface area contributed by atoms with Crippen LogP contribution in [0.4, 0.5) is 11.4 Å². The van der Waals surface area contributed by atoms with Crippen molar-refractivity contribution in [1.29, 1.82) is 0 Å². The van der Waals surface area contributed by atoms with Gasteiger partial charge in [0.2, 0.25) is 5.91 Å². The number of para-hydroxylation sites is 1. The third-order valence-corrected chi connectivity index (χ3v) is 4.64. The number of amides is 4. The van der Waals surface area contributed by atoms with Crippen molar-refractivity contribution in [2.24, 2.45) is 0 Å². The number of carbonyl (C=O) groups excluding carboxylic acids is 4. The van der Waals surface area contributed by atoms with Crippen molar-refractivity contribution in [3.8, 4) is 5.75 Å². The van der Waals surface area contributed by atoms with Crippen LogP contribution in [0.25, 0.3) is 0 Å². The molecule has 0 unspecified atom stereocenters. The molecule has 148 valence electrons. The van der Waals surface area contributed by atoms with E-state index in [0.717, 1.165) is 0 Å². The molecule has 4 amide bonds. The molecule has 2 aliphatic heterocycles. The van der Waals surface area contributed by atoms with E-state index in [9.17, 15) is 19.2 Å². The first-order valence-electron chi connectivity index (χ1n) is 9.07. The molecule has 29 heavy (non-hydrogen) atoms. The highest BCUT2D eigenvalue weighted by Gasteiger charge is 2.27. The van der Waals surface area contributed by atoms with E-state index in [4.69, 9.17) is 4.74 Å². The van der Waals surface area contributed by atoms with Crippen molar-refractivity contribution >= 4 is 35.0 Å². The Kier molecular flexibility index (Phi) is 4.86. The standard InChI is InChI=1S/C20H18N4O5/c25-17-10-29-16-6-5-11(9-15(16)22-17)18(26)21-8-7-14-20(28)23-13-4-2-1-3-12(13)19(27)24-14/h1-6,9,14H,7-8,10H2,(H,21,26)(H,22,25)(H,23,28)(H,24,27)/t14-/m0/s1. The van der Waals surface area contributed by atoms with Gasteiger partial charge in [0.25, 0.3) is 17.7 Å². The molecule has 9 heteroatoms. The van der Waals surface area contributed by atoms with Crippen LogP contribution in [0, 0.1) is 0 Å². The molecule has 0 spiro atoms. The molecule has 2 aromatic rings. The van der Waals surface area contributed by atoms with Crippen molar-refractivity contribution in [3.05, 3.63) is 53.6 Å². The summed E-state index contributed by atoms with van der Waals surface area (Å²) in [6.45, 7) is 0.116. The molecular formula is C20H18N4O5. The molecule has 0 radical (unpaired) electrons. The zero-order valence-electron chi connectivity index (χ0n) is 15.3. The van der Waals surface area contributed by atoms with E-state index in [-0.39, 0.29) is 43.2 Å². The van der Waals surface area contributed by atoms with Gasteiger partial charge in [0, 0.05) is 12.1 Å². The van der Waals surface area contributed by atoms with Gasteiger partial charge in [-0.3, -0.25) is 19.2 Å². The Morgan fingerprint density at radius 1 is 1.07 bits per heavy atom. The van der Waals surface area contributed by atoms with E-state index < -0.39 is 6.04 Å². The molecule has 2 aromatic carbocycles. The molecule has 0 aliphatic carbocycles. The van der Waals surface area contributed by atoms with Gasteiger partial charge in [-0.15, -0.1) is 0 Å². The second kappa shape index (κ2) is 7.63. The first kappa shape index (κ1) is 18.5. The minimum atomic E-state index is -0.772. The maximum atomic E-state index is 12.4. The van der Waals surface area contributed by atoms with E-state index >= 15 is 0 Å². The van der Waals surface area contributed by atoms with Gasteiger partial charge in [-0.05, 0) is 36.8 Å². The van der Waals surface area contributed by atoms with E-state index in [2.05, 4.69) is 21.3 Å². The molecule has 2 heterocycles. The number of nitrogens with one attached hydrogen (secondary N) is 4. The number of ether oxygens (including phenoxy) is 1. The first-order chi connectivity index (χ1) is 14.0. The summed E-state index contributed by atoms with van der Waals surface area (Å²) in [5.74, 6) is -0.840. The number of benzene rings is 2. The van der Waals surface area contributed by atoms with Gasteiger partial charge in [-0.25, -0.2) is 0 Å². The summed E-state index contributed by atoms with van der Waals surface area (Å²) < 4.78 is 5.26. The Balaban J connectivity index is 1.36. The van der Waals surface area contributed by atoms with Gasteiger partial charge in [0.05, 0.1) is 16.9 Å². The predicted molar refractivity (Wildman–Crippen MR) is 104 cm³/mol. The van der Waals surface area contributed by atoms with Crippen molar-refractivity contribution in [2.75, 3.05) is 23.8 Å². The highest BCUT2D eigenvalue weighted by Crippen LogP contribution is 2.28. The minimum absolute atomic E-state index is 0.0580. The summed E-state index contributed by atoms with van der Waals surface area (Å²) in [4.78, 5) is 48.5. The van der Waals surface area contributed by atoms with Crippen LogP contribution in [0.2, 0.25) is 0 Å². The van der Waals surface area contributed by atoms with Gasteiger partial charge < -0.3 is 26.0 Å². The molecule has 1 atom stereocenters. The summed E-state index contributed by atoms with van der Waals surface area (Å²) >= 11 is 0. The molecular weight excluding hydrogens is 376 g/mol. The highest BCUT2D eigenvalue weighted by atomic mass is 16.5. The van der Waals surface area contributed by atoms with Crippen LogP contribution in [0.15, 0.2) is 42.5 Å². The molecule has 0 fully saturated rings. The smallest absolute Gasteiger partial charge is 0.262 e. The second-order valence-corrected chi connectivity index (χ2v) is 6.65. The molecule has 0 saturated carbocycles. The van der Waals surface area contributed by atoms with E-state index in [1.54, 1.807) is 36.4 Å². The number of hydrogen-bond acceptors (Lipinski definition) is 5. The topological polar surface area (TPSA) is 126 Å². The van der Waals surface area contributed by atoms with Gasteiger partial charge in [0.15, 0.2) is 6.61 Å². The fourth-order valence-corrected chi connectivity index (χ4v) is 3.17. The minimum Gasteiger partial charge on any atom is -0.482 e. The summed E-state index contributed by atoms with van der Waals surface area (Å²) in [5, 5.41) is 10.8. The maximum absolute atomic E-state index is 12.4. The quantitative estimate of drug-likeness (QED) is 0.613. The number of carbonyl (C=O) groups is 4. The summed E-state index contributed by atoms with van der Waals surface area (Å²) in [6.07, 6.45) is 0.224. The monoisotopic (exact) mass is 394 g/mol. The molecule has 4 rings (SSSR count). The van der Waals surface area contributed by atoms with E-state index in [0.29, 0.717) is 28.3 Å². The van der Waals surface area contributed by atoms with Crippen LogP contribution in [-0.2, 0) is 9.59 Å². The molecule has 0 aromatic heterocycles. The van der Waals surface area contributed by atoms with Crippen LogP contribution in [0.5, 0.6) is 5.75 Å². The van der Waals surface area contributed by atoms with Gasteiger partial charge >= 0.3 is 0 Å². The lowest BCUT2D eigenvalue weighted by molar-refractivity contribution is -0.119. The third-order valence-electron chi connectivity index (χ3n) is 4.64. The number of rotatable bonds is 4. The van der Waals surface area contributed by atoms with E-state index in [1.165, 1.54) is 6.07 Å². The predicted octanol–water partition coefficient (Wildman–Crippen LogP) is 0.888. The Morgan fingerprint density at radius 3 is 2.76 bits per heavy atom. The molecule has 2 aliphatic rings. The van der Waals surface area contributed by atoms with Crippen LogP contribution in [0.3, 0.4) is 0 Å². The lowest BCUT2D eigenvalue weighted by Crippen LogP contribution is -2.43. The van der Waals surface area contributed by atoms with Crippen molar-refractivity contribution < 1.29 is 23.9 Å². The molecule has 9 nitrogen and oxygen atoms in total. The fraction of sp³-hybridized carbons (Fsp3) is 0.200. The molecule has 4 N–H and O–H groups in total. The molecule has 0 bridgehead atoms. The van der Waals surface area contributed by atoms with Crippen LogP contribution >= 0.6 is 0 Å². The zero-order chi connectivity index (χ0) is 20.4. The maximum Gasteiger partial charge on any atom is 0.262 e. The first-order valence-corrected chi connectivity index (χ1v) is 9.07. The number of fused-ring (bicyclic) bond motifs is 2. The largest absolute Gasteiger partial charge is 0.482 e. The van der Waals surface area contributed by atoms with Crippen molar-refractivity contribution in [2.45, 2.75) is 12.5 Å². The van der Waals surface area contributed by atoms with Crippen molar-refractivity contribution in [1.82, 2.24) is 10.6 Å². The van der Waals surface area contributed by atoms with Crippen molar-refractivity contribution in [3.63, 3.8) is 0 Å². The number of anilines is 2. The lowest BCUT2D eigenvalue weighted by Gasteiger charge is -2.18. The highest BCUT2D eigenvalue weighted by molar-refractivity contribution is 6.09. The fourth-order valence-electron chi connectivity index (χ4n) is 3.17. The van der Waals surface area contributed by atoms with Crippen LogP contribution in [0.1, 0.15) is 27.1 Å². The third kappa shape index (κ3) is 3.88. The van der Waals surface area contributed by atoms with Crippen LogP contribution in [-0.4, -0.2) is 42.8 Å². The average molecular weight is 394 g/mol. The van der Waals surface area contributed by atoms with Gasteiger partial charge in [-0.1, -0.05) is 12.1 Å². The lowest BCUT2D eigenvalue weighted by atomic mass is 10.1. The number of hydrogen-bond donors (Lipinski definition) is 4. The van der Waals surface area contributed by atoms with Gasteiger partial charge in [0.1, 0.15) is 11.8 Å². The SMILES string of the molecule is O=C1COc2ccc(C(=O)NCC[C@@H]3NC(=O)c4ccccc4NC3=O)cc2N1. The average Bonchev–Trinajstić information content (AvgIpc) is 2.83.